The average molecular weight is 252 g/mol. The lowest BCUT2D eigenvalue weighted by atomic mass is 9.90. The van der Waals surface area contributed by atoms with Crippen molar-refractivity contribution in [1.82, 2.24) is 15.0 Å². The standard InChI is InChI=1S/C13H24N4O/c1-12(2,3)11-15-10(16-18-11)7-17-6-5-13(4,8-14)9-17/h5-9,14H2,1-4H3. The molecule has 0 aromatic carbocycles. The van der Waals surface area contributed by atoms with Gasteiger partial charge in [0.15, 0.2) is 5.82 Å². The number of likely N-dealkylation sites (tertiary alicyclic amines) is 1. The van der Waals surface area contributed by atoms with Gasteiger partial charge in [-0.3, -0.25) is 4.90 Å². The zero-order chi connectivity index (χ0) is 13.4. The smallest absolute Gasteiger partial charge is 0.232 e. The van der Waals surface area contributed by atoms with E-state index in [2.05, 4.69) is 42.7 Å². The van der Waals surface area contributed by atoms with Gasteiger partial charge in [0, 0.05) is 12.0 Å². The Labute approximate surface area is 109 Å². The van der Waals surface area contributed by atoms with Crippen molar-refractivity contribution < 1.29 is 4.52 Å². The van der Waals surface area contributed by atoms with Crippen molar-refractivity contribution in [3.8, 4) is 0 Å². The third kappa shape index (κ3) is 2.90. The molecular weight excluding hydrogens is 228 g/mol. The second-order valence-corrected chi connectivity index (χ2v) is 6.74. The minimum Gasteiger partial charge on any atom is -0.339 e. The fraction of sp³-hybridized carbons (Fsp3) is 0.846. The van der Waals surface area contributed by atoms with E-state index in [0.717, 1.165) is 38.4 Å². The number of hydrogen-bond acceptors (Lipinski definition) is 5. The van der Waals surface area contributed by atoms with Gasteiger partial charge >= 0.3 is 0 Å². The molecule has 0 aliphatic carbocycles. The Kier molecular flexibility index (Phi) is 3.47. The Morgan fingerprint density at radius 3 is 2.67 bits per heavy atom. The topological polar surface area (TPSA) is 68.2 Å². The van der Waals surface area contributed by atoms with E-state index in [-0.39, 0.29) is 10.8 Å². The lowest BCUT2D eigenvalue weighted by molar-refractivity contribution is 0.263. The molecule has 0 spiro atoms. The van der Waals surface area contributed by atoms with Crippen LogP contribution in [-0.4, -0.2) is 34.7 Å². The second kappa shape index (κ2) is 4.63. The van der Waals surface area contributed by atoms with Crippen LogP contribution in [0.3, 0.4) is 0 Å². The summed E-state index contributed by atoms with van der Waals surface area (Å²) >= 11 is 0. The van der Waals surface area contributed by atoms with E-state index in [4.69, 9.17) is 10.3 Å². The van der Waals surface area contributed by atoms with E-state index in [1.807, 2.05) is 0 Å². The highest BCUT2D eigenvalue weighted by atomic mass is 16.5. The summed E-state index contributed by atoms with van der Waals surface area (Å²) in [6, 6.07) is 0. The van der Waals surface area contributed by atoms with Crippen LogP contribution in [0.4, 0.5) is 0 Å². The number of nitrogens with two attached hydrogens (primary N) is 1. The Morgan fingerprint density at radius 1 is 1.44 bits per heavy atom. The van der Waals surface area contributed by atoms with Crippen LogP contribution in [0.5, 0.6) is 0 Å². The molecule has 2 rings (SSSR count). The average Bonchev–Trinajstić information content (AvgIpc) is 2.86. The van der Waals surface area contributed by atoms with Crippen LogP contribution in [0.1, 0.15) is 45.8 Å². The second-order valence-electron chi connectivity index (χ2n) is 6.74. The summed E-state index contributed by atoms with van der Waals surface area (Å²) in [7, 11) is 0. The van der Waals surface area contributed by atoms with Crippen molar-refractivity contribution in [2.24, 2.45) is 11.1 Å². The molecule has 0 amide bonds. The van der Waals surface area contributed by atoms with Crippen LogP contribution in [0, 0.1) is 5.41 Å². The molecule has 2 N–H and O–H groups in total. The van der Waals surface area contributed by atoms with E-state index in [1.54, 1.807) is 0 Å². The van der Waals surface area contributed by atoms with E-state index in [0.29, 0.717) is 5.89 Å². The number of aromatic nitrogens is 2. The Morgan fingerprint density at radius 2 is 2.17 bits per heavy atom. The molecule has 0 radical (unpaired) electrons. The molecule has 1 aromatic heterocycles. The molecule has 1 fully saturated rings. The van der Waals surface area contributed by atoms with Gasteiger partial charge in [-0.25, -0.2) is 0 Å². The Balaban J connectivity index is 1.97. The van der Waals surface area contributed by atoms with Gasteiger partial charge in [0.25, 0.3) is 0 Å². The Bertz CT molecular complexity index is 409. The highest BCUT2D eigenvalue weighted by Gasteiger charge is 2.33. The molecule has 0 bridgehead atoms. The zero-order valence-electron chi connectivity index (χ0n) is 11.9. The fourth-order valence-electron chi connectivity index (χ4n) is 2.25. The minimum absolute atomic E-state index is 0.0813. The third-order valence-electron chi connectivity index (χ3n) is 3.60. The van der Waals surface area contributed by atoms with E-state index >= 15 is 0 Å². The van der Waals surface area contributed by atoms with Crippen molar-refractivity contribution >= 4 is 0 Å². The minimum atomic E-state index is -0.0813. The van der Waals surface area contributed by atoms with Crippen molar-refractivity contribution in [2.75, 3.05) is 19.6 Å². The predicted molar refractivity (Wildman–Crippen MR) is 70.1 cm³/mol. The lowest BCUT2D eigenvalue weighted by Crippen LogP contribution is -2.31. The maximum atomic E-state index is 5.81. The molecule has 0 saturated carbocycles. The molecule has 18 heavy (non-hydrogen) atoms. The summed E-state index contributed by atoms with van der Waals surface area (Å²) in [5.74, 6) is 1.49. The van der Waals surface area contributed by atoms with Crippen LogP contribution in [0.25, 0.3) is 0 Å². The fourth-order valence-corrected chi connectivity index (χ4v) is 2.25. The van der Waals surface area contributed by atoms with E-state index < -0.39 is 0 Å². The molecule has 1 aromatic rings. The summed E-state index contributed by atoms with van der Waals surface area (Å²) in [5.41, 5.74) is 5.97. The predicted octanol–water partition coefficient (Wildman–Crippen LogP) is 1.54. The molecule has 2 heterocycles. The summed E-state index contributed by atoms with van der Waals surface area (Å²) in [6.07, 6.45) is 1.15. The highest BCUT2D eigenvalue weighted by Crippen LogP contribution is 2.29. The van der Waals surface area contributed by atoms with Gasteiger partial charge in [-0.15, -0.1) is 0 Å². The van der Waals surface area contributed by atoms with Crippen molar-refractivity contribution in [1.29, 1.82) is 0 Å². The first-order valence-electron chi connectivity index (χ1n) is 6.58. The van der Waals surface area contributed by atoms with E-state index in [9.17, 15) is 0 Å². The number of rotatable bonds is 3. The molecule has 1 saturated heterocycles. The number of nitrogens with zero attached hydrogens (tertiary/aromatic N) is 3. The summed E-state index contributed by atoms with van der Waals surface area (Å²) in [5, 5.41) is 4.06. The van der Waals surface area contributed by atoms with Crippen LogP contribution >= 0.6 is 0 Å². The van der Waals surface area contributed by atoms with Gasteiger partial charge < -0.3 is 10.3 Å². The van der Waals surface area contributed by atoms with E-state index in [1.165, 1.54) is 0 Å². The molecule has 1 atom stereocenters. The van der Waals surface area contributed by atoms with Gasteiger partial charge in [-0.1, -0.05) is 32.9 Å². The monoisotopic (exact) mass is 252 g/mol. The first-order chi connectivity index (χ1) is 8.32. The van der Waals surface area contributed by atoms with Gasteiger partial charge in [0.1, 0.15) is 0 Å². The number of hydrogen-bond donors (Lipinski definition) is 1. The molecule has 5 nitrogen and oxygen atoms in total. The highest BCUT2D eigenvalue weighted by molar-refractivity contribution is 4.99. The van der Waals surface area contributed by atoms with Crippen LogP contribution in [0.2, 0.25) is 0 Å². The molecule has 1 unspecified atom stereocenters. The normalized spacial score (nSPS) is 25.8. The van der Waals surface area contributed by atoms with Gasteiger partial charge in [0.05, 0.1) is 6.54 Å². The maximum absolute atomic E-state index is 5.81. The first kappa shape index (κ1) is 13.5. The van der Waals surface area contributed by atoms with Gasteiger partial charge in [0.2, 0.25) is 5.89 Å². The largest absolute Gasteiger partial charge is 0.339 e. The van der Waals surface area contributed by atoms with Crippen molar-refractivity contribution in [3.63, 3.8) is 0 Å². The maximum Gasteiger partial charge on any atom is 0.232 e. The molecule has 1 aliphatic rings. The summed E-state index contributed by atoms with van der Waals surface area (Å²) in [6.45, 7) is 12.0. The third-order valence-corrected chi connectivity index (χ3v) is 3.60. The lowest BCUT2D eigenvalue weighted by Gasteiger charge is -2.21. The van der Waals surface area contributed by atoms with Gasteiger partial charge in [-0.2, -0.15) is 4.98 Å². The van der Waals surface area contributed by atoms with Crippen LogP contribution in [-0.2, 0) is 12.0 Å². The molecule has 102 valence electrons. The Hall–Kier alpha value is -0.940. The zero-order valence-corrected chi connectivity index (χ0v) is 11.9. The van der Waals surface area contributed by atoms with Crippen molar-refractivity contribution in [3.05, 3.63) is 11.7 Å². The van der Waals surface area contributed by atoms with Crippen LogP contribution in [0.15, 0.2) is 4.52 Å². The summed E-state index contributed by atoms with van der Waals surface area (Å²) < 4.78 is 5.31. The SMILES string of the molecule is CC1(CN)CCN(Cc2noc(C(C)(C)C)n2)C1. The summed E-state index contributed by atoms with van der Waals surface area (Å²) in [4.78, 5) is 6.82. The molecular formula is C13H24N4O. The van der Waals surface area contributed by atoms with Crippen LogP contribution < -0.4 is 5.73 Å². The van der Waals surface area contributed by atoms with Gasteiger partial charge in [-0.05, 0) is 24.9 Å². The van der Waals surface area contributed by atoms with Crippen molar-refractivity contribution in [2.45, 2.75) is 46.1 Å². The molecule has 5 heteroatoms. The molecule has 1 aliphatic heterocycles. The first-order valence-corrected chi connectivity index (χ1v) is 6.58. The quantitative estimate of drug-likeness (QED) is 0.883.